The van der Waals surface area contributed by atoms with E-state index in [0.717, 1.165) is 37.2 Å². The Morgan fingerprint density at radius 3 is 2.43 bits per heavy atom. The van der Waals surface area contributed by atoms with Crippen LogP contribution < -0.4 is 5.32 Å². The maximum atomic E-state index is 13.1. The molecule has 0 spiro atoms. The average Bonchev–Trinajstić information content (AvgIpc) is 2.88. The highest BCUT2D eigenvalue weighted by atomic mass is 19.3. The van der Waals surface area contributed by atoms with Crippen molar-refractivity contribution in [2.24, 2.45) is 13.0 Å². The normalized spacial score (nSPS) is 25.8. The highest BCUT2D eigenvalue weighted by Gasteiger charge is 2.46. The monoisotopic (exact) mass is 413 g/mol. The van der Waals surface area contributed by atoms with Gasteiger partial charge in [-0.05, 0) is 49.0 Å². The van der Waals surface area contributed by atoms with Crippen molar-refractivity contribution in [3.05, 3.63) is 47.2 Å². The summed E-state index contributed by atoms with van der Waals surface area (Å²) >= 11 is 0. The molecule has 1 aromatic heterocycles. The Kier molecular flexibility index (Phi) is 4.91. The van der Waals surface area contributed by atoms with Gasteiger partial charge in [-0.1, -0.05) is 36.8 Å². The van der Waals surface area contributed by atoms with E-state index in [4.69, 9.17) is 5.10 Å². The molecule has 0 saturated heterocycles. The summed E-state index contributed by atoms with van der Waals surface area (Å²) in [4.78, 5) is 12.6. The summed E-state index contributed by atoms with van der Waals surface area (Å²) < 4.78 is 28.0. The third-order valence-electron chi connectivity index (χ3n) is 7.33. The Morgan fingerprint density at radius 1 is 1.13 bits per heavy atom. The molecular weight excluding hydrogens is 384 g/mol. The molecule has 0 unspecified atom stereocenters. The van der Waals surface area contributed by atoms with Crippen LogP contribution in [0.3, 0.4) is 0 Å². The molecule has 6 heteroatoms. The third kappa shape index (κ3) is 3.65. The summed E-state index contributed by atoms with van der Waals surface area (Å²) in [5.41, 5.74) is 3.73. The lowest BCUT2D eigenvalue weighted by Gasteiger charge is -2.37. The van der Waals surface area contributed by atoms with Gasteiger partial charge in [0, 0.05) is 37.8 Å². The number of alkyl halides is 2. The van der Waals surface area contributed by atoms with Crippen LogP contribution in [0.2, 0.25) is 0 Å². The van der Waals surface area contributed by atoms with E-state index in [2.05, 4.69) is 29.6 Å². The number of aryl methyl sites for hydroxylation is 1. The smallest absolute Gasteiger partial charge is 0.248 e. The summed E-state index contributed by atoms with van der Waals surface area (Å²) in [6.45, 7) is 0. The lowest BCUT2D eigenvalue weighted by Crippen LogP contribution is -2.37. The van der Waals surface area contributed by atoms with Crippen LogP contribution in [0.25, 0.3) is 0 Å². The first kappa shape index (κ1) is 19.7. The third-order valence-corrected chi connectivity index (χ3v) is 7.33. The topological polar surface area (TPSA) is 46.9 Å². The fourth-order valence-corrected chi connectivity index (χ4v) is 5.32. The lowest BCUT2D eigenvalue weighted by molar-refractivity contribution is -0.129. The molecule has 0 aliphatic heterocycles. The standard InChI is InChI=1S/C24H29F2N3O/c1-29-23(27-20(30)10-15-13-24(25,26)14-15)21(17-8-5-9-17)22(28-29)19-11-18(12-19)16-6-3-2-4-7-16/h2-4,6-7,15,17-19H,5,8-14H2,1H3,(H,27,30). The molecule has 5 rings (SSSR count). The minimum Gasteiger partial charge on any atom is -0.311 e. The second-order valence-electron chi connectivity index (χ2n) is 9.56. The van der Waals surface area contributed by atoms with Gasteiger partial charge in [0.05, 0.1) is 5.69 Å². The summed E-state index contributed by atoms with van der Waals surface area (Å²) in [6.07, 6.45) is 5.47. The molecule has 3 aliphatic carbocycles. The van der Waals surface area contributed by atoms with E-state index in [1.54, 1.807) is 4.68 Å². The van der Waals surface area contributed by atoms with Crippen molar-refractivity contribution in [3.63, 3.8) is 0 Å². The van der Waals surface area contributed by atoms with Crippen LogP contribution in [0.4, 0.5) is 14.6 Å². The first-order valence-corrected chi connectivity index (χ1v) is 11.2. The maximum absolute atomic E-state index is 13.1. The number of hydrogen-bond donors (Lipinski definition) is 1. The first-order chi connectivity index (χ1) is 14.4. The van der Waals surface area contributed by atoms with Crippen LogP contribution in [-0.2, 0) is 11.8 Å². The van der Waals surface area contributed by atoms with Crippen molar-refractivity contribution in [1.82, 2.24) is 9.78 Å². The molecule has 1 aromatic carbocycles. The average molecular weight is 414 g/mol. The molecule has 0 bridgehead atoms. The van der Waals surface area contributed by atoms with Crippen molar-refractivity contribution in [2.75, 3.05) is 5.32 Å². The predicted octanol–water partition coefficient (Wildman–Crippen LogP) is 5.72. The minimum absolute atomic E-state index is 0.165. The quantitative estimate of drug-likeness (QED) is 0.658. The van der Waals surface area contributed by atoms with E-state index < -0.39 is 5.92 Å². The number of benzene rings is 1. The summed E-state index contributed by atoms with van der Waals surface area (Å²) in [6, 6.07) is 10.6. The molecule has 2 aromatic rings. The summed E-state index contributed by atoms with van der Waals surface area (Å²) in [7, 11) is 1.88. The summed E-state index contributed by atoms with van der Waals surface area (Å²) in [5, 5.41) is 7.87. The highest BCUT2D eigenvalue weighted by molar-refractivity contribution is 5.91. The fourth-order valence-electron chi connectivity index (χ4n) is 5.32. The second-order valence-corrected chi connectivity index (χ2v) is 9.56. The van der Waals surface area contributed by atoms with Gasteiger partial charge >= 0.3 is 0 Å². The molecule has 1 N–H and O–H groups in total. The van der Waals surface area contributed by atoms with Crippen molar-refractivity contribution >= 4 is 11.7 Å². The Morgan fingerprint density at radius 2 is 1.83 bits per heavy atom. The van der Waals surface area contributed by atoms with Crippen LogP contribution >= 0.6 is 0 Å². The van der Waals surface area contributed by atoms with Crippen molar-refractivity contribution in [2.45, 2.75) is 75.0 Å². The number of carbonyl (C=O) groups excluding carboxylic acids is 1. The number of rotatable bonds is 6. The lowest BCUT2D eigenvalue weighted by atomic mass is 9.67. The van der Waals surface area contributed by atoms with Gasteiger partial charge in [-0.3, -0.25) is 9.48 Å². The Balaban J connectivity index is 1.30. The van der Waals surface area contributed by atoms with Crippen LogP contribution in [0, 0.1) is 5.92 Å². The Labute approximate surface area is 176 Å². The van der Waals surface area contributed by atoms with Crippen LogP contribution in [0.15, 0.2) is 30.3 Å². The van der Waals surface area contributed by atoms with Crippen molar-refractivity contribution < 1.29 is 13.6 Å². The van der Waals surface area contributed by atoms with Gasteiger partial charge in [0.15, 0.2) is 0 Å². The zero-order valence-electron chi connectivity index (χ0n) is 17.4. The molecule has 3 fully saturated rings. The molecule has 3 saturated carbocycles. The molecule has 0 atom stereocenters. The SMILES string of the molecule is Cn1nc(C2CC(c3ccccc3)C2)c(C2CCC2)c1NC(=O)CC1CC(F)(F)C1. The van der Waals surface area contributed by atoms with Crippen molar-refractivity contribution in [1.29, 1.82) is 0 Å². The fraction of sp³-hybridized carbons (Fsp3) is 0.583. The molecule has 160 valence electrons. The first-order valence-electron chi connectivity index (χ1n) is 11.2. The van der Waals surface area contributed by atoms with E-state index >= 15 is 0 Å². The number of amides is 1. The Bertz CT molecular complexity index is 921. The van der Waals surface area contributed by atoms with E-state index in [0.29, 0.717) is 17.8 Å². The van der Waals surface area contributed by atoms with E-state index in [1.807, 2.05) is 13.1 Å². The molecular formula is C24H29F2N3O. The van der Waals surface area contributed by atoms with Gasteiger partial charge in [0.1, 0.15) is 5.82 Å². The van der Waals surface area contributed by atoms with E-state index in [1.165, 1.54) is 17.5 Å². The van der Waals surface area contributed by atoms with Crippen LogP contribution in [-0.4, -0.2) is 21.6 Å². The number of aromatic nitrogens is 2. The number of anilines is 1. The molecule has 1 heterocycles. The van der Waals surface area contributed by atoms with Gasteiger partial charge in [-0.15, -0.1) is 0 Å². The molecule has 30 heavy (non-hydrogen) atoms. The van der Waals surface area contributed by atoms with Gasteiger partial charge in [0.25, 0.3) is 0 Å². The van der Waals surface area contributed by atoms with Gasteiger partial charge in [-0.25, -0.2) is 8.78 Å². The van der Waals surface area contributed by atoms with Crippen LogP contribution in [0.1, 0.15) is 85.9 Å². The highest BCUT2D eigenvalue weighted by Crippen LogP contribution is 2.52. The molecule has 4 nitrogen and oxygen atoms in total. The number of hydrogen-bond acceptors (Lipinski definition) is 2. The van der Waals surface area contributed by atoms with Crippen LogP contribution in [0.5, 0.6) is 0 Å². The molecule has 1 amide bonds. The molecule has 3 aliphatic rings. The number of carbonyl (C=O) groups is 1. The van der Waals surface area contributed by atoms with Gasteiger partial charge < -0.3 is 5.32 Å². The Hall–Kier alpha value is -2.24. The number of halogens is 2. The zero-order chi connectivity index (χ0) is 20.9. The van der Waals surface area contributed by atoms with Crippen molar-refractivity contribution in [3.8, 4) is 0 Å². The largest absolute Gasteiger partial charge is 0.311 e. The molecule has 0 radical (unpaired) electrons. The second kappa shape index (κ2) is 7.47. The minimum atomic E-state index is -2.58. The van der Waals surface area contributed by atoms with E-state index in [9.17, 15) is 13.6 Å². The van der Waals surface area contributed by atoms with Gasteiger partial charge in [0.2, 0.25) is 11.8 Å². The summed E-state index contributed by atoms with van der Waals surface area (Å²) in [5.74, 6) is -0.721. The number of nitrogens with one attached hydrogen (secondary N) is 1. The maximum Gasteiger partial charge on any atom is 0.248 e. The van der Waals surface area contributed by atoms with E-state index in [-0.39, 0.29) is 31.1 Å². The zero-order valence-corrected chi connectivity index (χ0v) is 17.4. The van der Waals surface area contributed by atoms with Gasteiger partial charge in [-0.2, -0.15) is 5.10 Å². The predicted molar refractivity (Wildman–Crippen MR) is 112 cm³/mol. The number of nitrogens with zero attached hydrogens (tertiary/aromatic N) is 2.